The zero-order valence-corrected chi connectivity index (χ0v) is 10.9. The summed E-state index contributed by atoms with van der Waals surface area (Å²) in [4.78, 5) is 0. The number of aromatic hydroxyl groups is 1. The third-order valence-electron chi connectivity index (χ3n) is 2.54. The zero-order chi connectivity index (χ0) is 12.1. The molecule has 0 saturated carbocycles. The van der Waals surface area contributed by atoms with E-state index in [0.717, 1.165) is 23.1 Å². The first-order valence-electron chi connectivity index (χ1n) is 5.48. The fourth-order valence-electron chi connectivity index (χ4n) is 1.60. The molecule has 0 aliphatic rings. The van der Waals surface area contributed by atoms with Gasteiger partial charge in [-0.05, 0) is 29.3 Å². The number of halogens is 1. The van der Waals surface area contributed by atoms with Crippen molar-refractivity contribution in [1.82, 2.24) is 5.32 Å². The summed E-state index contributed by atoms with van der Waals surface area (Å²) in [6.07, 6.45) is 0. The molecule has 0 aromatic heterocycles. The highest BCUT2D eigenvalue weighted by Crippen LogP contribution is 2.15. The van der Waals surface area contributed by atoms with Gasteiger partial charge in [-0.3, -0.25) is 0 Å². The number of nitrogens with one attached hydrogen (secondary N) is 1. The number of benzene rings is 2. The number of phenols is 1. The summed E-state index contributed by atoms with van der Waals surface area (Å²) in [5, 5.41) is 12.5. The number of hydrogen-bond acceptors (Lipinski definition) is 2. The van der Waals surface area contributed by atoms with Crippen LogP contribution in [0.5, 0.6) is 5.75 Å². The molecule has 2 nitrogen and oxygen atoms in total. The molecule has 2 aromatic carbocycles. The molecule has 0 fully saturated rings. The summed E-state index contributed by atoms with van der Waals surface area (Å²) in [6.45, 7) is 1.61. The lowest BCUT2D eigenvalue weighted by atomic mass is 10.2. The molecule has 0 bridgehead atoms. The predicted octanol–water partition coefficient (Wildman–Crippen LogP) is 3.44. The first kappa shape index (κ1) is 12.1. The van der Waals surface area contributed by atoms with Gasteiger partial charge in [0.05, 0.1) is 0 Å². The van der Waals surface area contributed by atoms with Gasteiger partial charge in [0.1, 0.15) is 5.75 Å². The monoisotopic (exact) mass is 291 g/mol. The smallest absolute Gasteiger partial charge is 0.115 e. The van der Waals surface area contributed by atoms with Crippen molar-refractivity contribution in [3.63, 3.8) is 0 Å². The van der Waals surface area contributed by atoms with Crippen LogP contribution in [0.4, 0.5) is 0 Å². The predicted molar refractivity (Wildman–Crippen MR) is 72.8 cm³/mol. The highest BCUT2D eigenvalue weighted by Gasteiger charge is 1.98. The molecular formula is C14H14BrNO. The van der Waals surface area contributed by atoms with E-state index >= 15 is 0 Å². The van der Waals surface area contributed by atoms with Crippen molar-refractivity contribution in [1.29, 1.82) is 0 Å². The highest BCUT2D eigenvalue weighted by atomic mass is 79.9. The van der Waals surface area contributed by atoms with Crippen molar-refractivity contribution in [2.75, 3.05) is 0 Å². The fraction of sp³-hybridized carbons (Fsp3) is 0.143. The average molecular weight is 292 g/mol. The average Bonchev–Trinajstić information content (AvgIpc) is 2.34. The van der Waals surface area contributed by atoms with E-state index in [1.807, 2.05) is 30.3 Å². The molecular weight excluding hydrogens is 278 g/mol. The molecule has 3 heteroatoms. The van der Waals surface area contributed by atoms with Crippen LogP contribution in [0.3, 0.4) is 0 Å². The third kappa shape index (κ3) is 3.58. The summed E-state index contributed by atoms with van der Waals surface area (Å²) in [6, 6.07) is 15.4. The van der Waals surface area contributed by atoms with Gasteiger partial charge >= 0.3 is 0 Å². The van der Waals surface area contributed by atoms with Gasteiger partial charge in [0.25, 0.3) is 0 Å². The van der Waals surface area contributed by atoms with E-state index in [2.05, 4.69) is 27.3 Å². The van der Waals surface area contributed by atoms with Gasteiger partial charge in [0, 0.05) is 17.6 Å². The van der Waals surface area contributed by atoms with Crippen molar-refractivity contribution >= 4 is 15.9 Å². The molecule has 0 heterocycles. The Morgan fingerprint density at radius 3 is 2.35 bits per heavy atom. The maximum Gasteiger partial charge on any atom is 0.115 e. The minimum Gasteiger partial charge on any atom is -0.508 e. The molecule has 0 radical (unpaired) electrons. The largest absolute Gasteiger partial charge is 0.508 e. The molecule has 0 spiro atoms. The van der Waals surface area contributed by atoms with Crippen molar-refractivity contribution in [3.05, 3.63) is 64.1 Å². The third-order valence-corrected chi connectivity index (χ3v) is 3.31. The standard InChI is InChI=1S/C14H14BrNO/c15-14-4-2-1-3-12(14)10-16-9-11-5-7-13(17)8-6-11/h1-8,16-17H,9-10H2. The quantitative estimate of drug-likeness (QED) is 0.904. The van der Waals surface area contributed by atoms with Gasteiger partial charge in [-0.25, -0.2) is 0 Å². The molecule has 2 N–H and O–H groups in total. The first-order chi connectivity index (χ1) is 8.25. The first-order valence-corrected chi connectivity index (χ1v) is 6.27. The van der Waals surface area contributed by atoms with Gasteiger partial charge in [-0.2, -0.15) is 0 Å². The molecule has 0 aliphatic heterocycles. The molecule has 88 valence electrons. The lowest BCUT2D eigenvalue weighted by Gasteiger charge is -2.07. The van der Waals surface area contributed by atoms with Crippen LogP contribution in [0.15, 0.2) is 53.0 Å². The Balaban J connectivity index is 1.88. The van der Waals surface area contributed by atoms with Gasteiger partial charge in [0.15, 0.2) is 0 Å². The molecule has 0 unspecified atom stereocenters. The topological polar surface area (TPSA) is 32.3 Å². The molecule has 17 heavy (non-hydrogen) atoms. The SMILES string of the molecule is Oc1ccc(CNCc2ccccc2Br)cc1. The number of hydrogen-bond donors (Lipinski definition) is 2. The molecule has 0 saturated heterocycles. The van der Waals surface area contributed by atoms with Crippen LogP contribution in [-0.4, -0.2) is 5.11 Å². The second-order valence-electron chi connectivity index (χ2n) is 3.86. The summed E-state index contributed by atoms with van der Waals surface area (Å²) in [5.41, 5.74) is 2.40. The lowest BCUT2D eigenvalue weighted by Crippen LogP contribution is -2.12. The lowest BCUT2D eigenvalue weighted by molar-refractivity contribution is 0.475. The zero-order valence-electron chi connectivity index (χ0n) is 9.36. The van der Waals surface area contributed by atoms with Crippen LogP contribution in [0.1, 0.15) is 11.1 Å². The maximum absolute atomic E-state index is 9.17. The second-order valence-corrected chi connectivity index (χ2v) is 4.72. The normalized spacial score (nSPS) is 10.4. The van der Waals surface area contributed by atoms with Crippen molar-refractivity contribution in [2.45, 2.75) is 13.1 Å². The Labute approximate surface area is 109 Å². The second kappa shape index (κ2) is 5.84. The van der Waals surface area contributed by atoms with E-state index in [1.54, 1.807) is 12.1 Å². The van der Waals surface area contributed by atoms with Crippen molar-refractivity contribution in [2.24, 2.45) is 0 Å². The summed E-state index contributed by atoms with van der Waals surface area (Å²) < 4.78 is 1.12. The Morgan fingerprint density at radius 1 is 0.941 bits per heavy atom. The Morgan fingerprint density at radius 2 is 1.65 bits per heavy atom. The van der Waals surface area contributed by atoms with Gasteiger partial charge in [0.2, 0.25) is 0 Å². The van der Waals surface area contributed by atoms with Crippen LogP contribution in [0.25, 0.3) is 0 Å². The van der Waals surface area contributed by atoms with Crippen LogP contribution in [-0.2, 0) is 13.1 Å². The molecule has 0 amide bonds. The maximum atomic E-state index is 9.17. The van der Waals surface area contributed by atoms with Crippen molar-refractivity contribution < 1.29 is 5.11 Å². The van der Waals surface area contributed by atoms with E-state index in [0.29, 0.717) is 5.75 Å². The van der Waals surface area contributed by atoms with E-state index in [-0.39, 0.29) is 0 Å². The van der Waals surface area contributed by atoms with Gasteiger partial charge in [-0.15, -0.1) is 0 Å². The summed E-state index contributed by atoms with van der Waals surface area (Å²) in [7, 11) is 0. The van der Waals surface area contributed by atoms with E-state index < -0.39 is 0 Å². The minimum absolute atomic E-state index is 0.305. The van der Waals surface area contributed by atoms with Crippen molar-refractivity contribution in [3.8, 4) is 5.75 Å². The molecule has 0 aliphatic carbocycles. The summed E-state index contributed by atoms with van der Waals surface area (Å²) >= 11 is 3.52. The van der Waals surface area contributed by atoms with E-state index in [4.69, 9.17) is 5.11 Å². The number of phenolic OH excluding ortho intramolecular Hbond substituents is 1. The summed E-state index contributed by atoms with van der Waals surface area (Å²) in [5.74, 6) is 0.305. The van der Waals surface area contributed by atoms with E-state index in [1.165, 1.54) is 5.56 Å². The van der Waals surface area contributed by atoms with Crippen LogP contribution in [0, 0.1) is 0 Å². The van der Waals surface area contributed by atoms with Gasteiger partial charge in [-0.1, -0.05) is 46.3 Å². The molecule has 2 aromatic rings. The van der Waals surface area contributed by atoms with Crippen LogP contribution in [0.2, 0.25) is 0 Å². The number of rotatable bonds is 4. The van der Waals surface area contributed by atoms with Gasteiger partial charge < -0.3 is 10.4 Å². The molecule has 2 rings (SSSR count). The van der Waals surface area contributed by atoms with E-state index in [9.17, 15) is 0 Å². The Hall–Kier alpha value is -1.32. The van der Waals surface area contributed by atoms with Crippen LogP contribution < -0.4 is 5.32 Å². The molecule has 0 atom stereocenters. The van der Waals surface area contributed by atoms with Crippen LogP contribution >= 0.6 is 15.9 Å². The highest BCUT2D eigenvalue weighted by molar-refractivity contribution is 9.10. The fourth-order valence-corrected chi connectivity index (χ4v) is 2.02. The Kier molecular flexibility index (Phi) is 4.18. The Bertz CT molecular complexity index is 482. The minimum atomic E-state index is 0.305.